The summed E-state index contributed by atoms with van der Waals surface area (Å²) in [5, 5.41) is 4.43. The molecular formula is C16H16BrN3. The molecule has 4 heteroatoms. The van der Waals surface area contributed by atoms with Crippen molar-refractivity contribution in [3.8, 4) is 0 Å². The van der Waals surface area contributed by atoms with Gasteiger partial charge in [-0.05, 0) is 42.4 Å². The number of halogens is 1. The standard InChI is InChI=1S/C16H16BrN3/c1-18-9-13-11-20(16-15(13)6-3-7-19-16)10-12-4-2-5-14(17)8-12/h2-8,11,18H,9-10H2,1H3. The summed E-state index contributed by atoms with van der Waals surface area (Å²) in [4.78, 5) is 4.53. The molecule has 2 aromatic heterocycles. The Bertz CT molecular complexity index is 733. The summed E-state index contributed by atoms with van der Waals surface area (Å²) in [5.41, 5.74) is 3.58. The number of rotatable bonds is 4. The fourth-order valence-electron chi connectivity index (χ4n) is 2.48. The smallest absolute Gasteiger partial charge is 0.140 e. The van der Waals surface area contributed by atoms with E-state index in [0.29, 0.717) is 0 Å². The maximum Gasteiger partial charge on any atom is 0.140 e. The Morgan fingerprint density at radius 2 is 2.15 bits per heavy atom. The Labute approximate surface area is 126 Å². The minimum absolute atomic E-state index is 0.830. The maximum atomic E-state index is 4.53. The summed E-state index contributed by atoms with van der Waals surface area (Å²) in [6.07, 6.45) is 4.04. The average Bonchev–Trinajstić information content (AvgIpc) is 2.78. The molecule has 0 unspecified atom stereocenters. The summed E-state index contributed by atoms with van der Waals surface area (Å²) < 4.78 is 3.32. The Kier molecular flexibility index (Phi) is 3.85. The van der Waals surface area contributed by atoms with Crippen LogP contribution in [0.3, 0.4) is 0 Å². The first kappa shape index (κ1) is 13.3. The van der Waals surface area contributed by atoms with E-state index in [4.69, 9.17) is 0 Å². The fourth-order valence-corrected chi connectivity index (χ4v) is 2.93. The molecule has 0 radical (unpaired) electrons. The SMILES string of the molecule is CNCc1cn(Cc2cccc(Br)c2)c2ncccc12. The van der Waals surface area contributed by atoms with Crippen molar-refractivity contribution in [3.63, 3.8) is 0 Å². The Balaban J connectivity index is 2.03. The summed E-state index contributed by atoms with van der Waals surface area (Å²) in [6, 6.07) is 12.5. The fraction of sp³-hybridized carbons (Fsp3) is 0.188. The lowest BCUT2D eigenvalue weighted by molar-refractivity contribution is 0.791. The summed E-state index contributed by atoms with van der Waals surface area (Å²) in [7, 11) is 1.97. The Morgan fingerprint density at radius 1 is 1.25 bits per heavy atom. The number of nitrogens with one attached hydrogen (secondary N) is 1. The van der Waals surface area contributed by atoms with Crippen LogP contribution in [0.4, 0.5) is 0 Å². The van der Waals surface area contributed by atoms with E-state index in [-0.39, 0.29) is 0 Å². The monoisotopic (exact) mass is 329 g/mol. The van der Waals surface area contributed by atoms with E-state index >= 15 is 0 Å². The quantitative estimate of drug-likeness (QED) is 0.793. The second-order valence-corrected chi connectivity index (χ2v) is 5.73. The molecule has 0 fully saturated rings. The molecule has 0 amide bonds. The zero-order valence-corrected chi connectivity index (χ0v) is 12.9. The van der Waals surface area contributed by atoms with Crippen LogP contribution in [0.2, 0.25) is 0 Å². The van der Waals surface area contributed by atoms with Gasteiger partial charge >= 0.3 is 0 Å². The molecular weight excluding hydrogens is 314 g/mol. The van der Waals surface area contributed by atoms with E-state index in [1.165, 1.54) is 16.5 Å². The summed E-state index contributed by atoms with van der Waals surface area (Å²) in [5.74, 6) is 0. The van der Waals surface area contributed by atoms with Gasteiger partial charge in [0, 0.05) is 35.3 Å². The van der Waals surface area contributed by atoms with Crippen molar-refractivity contribution in [1.29, 1.82) is 0 Å². The van der Waals surface area contributed by atoms with Gasteiger partial charge in [-0.15, -0.1) is 0 Å². The van der Waals surface area contributed by atoms with Gasteiger partial charge in [0.05, 0.1) is 0 Å². The highest BCUT2D eigenvalue weighted by Gasteiger charge is 2.09. The lowest BCUT2D eigenvalue weighted by atomic mass is 10.2. The number of aromatic nitrogens is 2. The van der Waals surface area contributed by atoms with Crippen molar-refractivity contribution in [2.24, 2.45) is 0 Å². The molecule has 102 valence electrons. The molecule has 0 aliphatic rings. The Morgan fingerprint density at radius 3 is 2.95 bits per heavy atom. The van der Waals surface area contributed by atoms with E-state index in [9.17, 15) is 0 Å². The zero-order valence-electron chi connectivity index (χ0n) is 11.3. The molecule has 3 aromatic rings. The molecule has 0 atom stereocenters. The second-order valence-electron chi connectivity index (χ2n) is 4.82. The number of fused-ring (bicyclic) bond motifs is 1. The van der Waals surface area contributed by atoms with Gasteiger partial charge in [-0.1, -0.05) is 28.1 Å². The van der Waals surface area contributed by atoms with Crippen LogP contribution < -0.4 is 5.32 Å². The van der Waals surface area contributed by atoms with Crippen molar-refractivity contribution in [2.75, 3.05) is 7.05 Å². The van der Waals surface area contributed by atoms with Gasteiger partial charge in [0.15, 0.2) is 0 Å². The number of benzene rings is 1. The molecule has 1 aromatic carbocycles. The minimum atomic E-state index is 0.830. The average molecular weight is 330 g/mol. The second kappa shape index (κ2) is 5.77. The molecule has 2 heterocycles. The molecule has 3 rings (SSSR count). The highest BCUT2D eigenvalue weighted by molar-refractivity contribution is 9.10. The van der Waals surface area contributed by atoms with Crippen molar-refractivity contribution < 1.29 is 0 Å². The normalized spacial score (nSPS) is 11.1. The van der Waals surface area contributed by atoms with E-state index < -0.39 is 0 Å². The molecule has 0 bridgehead atoms. The van der Waals surface area contributed by atoms with Crippen LogP contribution in [0, 0.1) is 0 Å². The highest BCUT2D eigenvalue weighted by atomic mass is 79.9. The van der Waals surface area contributed by atoms with Crippen LogP contribution in [0.15, 0.2) is 53.3 Å². The van der Waals surface area contributed by atoms with Crippen LogP contribution in [-0.2, 0) is 13.1 Å². The van der Waals surface area contributed by atoms with Crippen molar-refractivity contribution in [1.82, 2.24) is 14.9 Å². The van der Waals surface area contributed by atoms with Crippen LogP contribution in [0.5, 0.6) is 0 Å². The van der Waals surface area contributed by atoms with Crippen LogP contribution >= 0.6 is 15.9 Å². The molecule has 0 aliphatic heterocycles. The number of hydrogen-bond acceptors (Lipinski definition) is 2. The van der Waals surface area contributed by atoms with Gasteiger partial charge in [0.2, 0.25) is 0 Å². The van der Waals surface area contributed by atoms with E-state index in [1.54, 1.807) is 0 Å². The third-order valence-electron chi connectivity index (χ3n) is 3.33. The molecule has 0 spiro atoms. The number of pyridine rings is 1. The van der Waals surface area contributed by atoms with Crippen LogP contribution in [0.1, 0.15) is 11.1 Å². The van der Waals surface area contributed by atoms with Crippen LogP contribution in [0.25, 0.3) is 11.0 Å². The highest BCUT2D eigenvalue weighted by Crippen LogP contribution is 2.21. The predicted molar refractivity (Wildman–Crippen MR) is 85.7 cm³/mol. The lowest BCUT2D eigenvalue weighted by Crippen LogP contribution is -2.04. The first-order valence-corrected chi connectivity index (χ1v) is 7.39. The zero-order chi connectivity index (χ0) is 13.9. The topological polar surface area (TPSA) is 29.9 Å². The summed E-state index contributed by atoms with van der Waals surface area (Å²) in [6.45, 7) is 1.68. The molecule has 3 nitrogen and oxygen atoms in total. The lowest BCUT2D eigenvalue weighted by Gasteiger charge is -2.05. The van der Waals surface area contributed by atoms with Gasteiger partial charge in [-0.2, -0.15) is 0 Å². The molecule has 0 saturated carbocycles. The first-order chi connectivity index (χ1) is 9.78. The van der Waals surface area contributed by atoms with Gasteiger partial charge in [0.25, 0.3) is 0 Å². The first-order valence-electron chi connectivity index (χ1n) is 6.59. The number of hydrogen-bond donors (Lipinski definition) is 1. The number of nitrogens with zero attached hydrogens (tertiary/aromatic N) is 2. The van der Waals surface area contributed by atoms with Crippen molar-refractivity contribution >= 4 is 27.0 Å². The van der Waals surface area contributed by atoms with Crippen LogP contribution in [-0.4, -0.2) is 16.6 Å². The van der Waals surface area contributed by atoms with E-state index in [2.05, 4.69) is 61.3 Å². The predicted octanol–water partition coefficient (Wildman–Crippen LogP) is 3.57. The summed E-state index contributed by atoms with van der Waals surface area (Å²) >= 11 is 3.52. The molecule has 0 saturated heterocycles. The maximum absolute atomic E-state index is 4.53. The van der Waals surface area contributed by atoms with Gasteiger partial charge in [-0.3, -0.25) is 0 Å². The molecule has 0 aliphatic carbocycles. The third kappa shape index (κ3) is 2.62. The molecule has 20 heavy (non-hydrogen) atoms. The van der Waals surface area contributed by atoms with Gasteiger partial charge < -0.3 is 9.88 Å². The molecule has 1 N–H and O–H groups in total. The van der Waals surface area contributed by atoms with Gasteiger partial charge in [0.1, 0.15) is 5.65 Å². The van der Waals surface area contributed by atoms with E-state index in [1.807, 2.05) is 25.4 Å². The Hall–Kier alpha value is -1.65. The minimum Gasteiger partial charge on any atom is -0.328 e. The largest absolute Gasteiger partial charge is 0.328 e. The van der Waals surface area contributed by atoms with Gasteiger partial charge in [-0.25, -0.2) is 4.98 Å². The van der Waals surface area contributed by atoms with Crippen molar-refractivity contribution in [2.45, 2.75) is 13.1 Å². The van der Waals surface area contributed by atoms with Crippen molar-refractivity contribution in [3.05, 3.63) is 64.4 Å². The third-order valence-corrected chi connectivity index (χ3v) is 3.82. The van der Waals surface area contributed by atoms with E-state index in [0.717, 1.165) is 23.2 Å².